The fourth-order valence-corrected chi connectivity index (χ4v) is 3.74. The first-order chi connectivity index (χ1) is 15.4. The van der Waals surface area contributed by atoms with Gasteiger partial charge >= 0.3 is 5.97 Å². The zero-order chi connectivity index (χ0) is 24.3. The molecule has 1 atom stereocenters. The van der Waals surface area contributed by atoms with Crippen molar-refractivity contribution >= 4 is 45.1 Å². The van der Waals surface area contributed by atoms with Crippen molar-refractivity contribution in [3.63, 3.8) is 0 Å². The van der Waals surface area contributed by atoms with Crippen molar-refractivity contribution in [2.75, 3.05) is 5.32 Å². The summed E-state index contributed by atoms with van der Waals surface area (Å²) in [6.07, 6.45) is 1.58. The van der Waals surface area contributed by atoms with Crippen LogP contribution in [-0.2, 0) is 9.53 Å². The Labute approximate surface area is 205 Å². The molecule has 0 aliphatic carbocycles. The van der Waals surface area contributed by atoms with Gasteiger partial charge in [-0.3, -0.25) is 9.59 Å². The Morgan fingerprint density at radius 3 is 2.33 bits per heavy atom. The summed E-state index contributed by atoms with van der Waals surface area (Å²) in [5.74, 6) is -0.800. The molecule has 8 heteroatoms. The Kier molecular flexibility index (Phi) is 7.44. The first kappa shape index (κ1) is 24.7. The monoisotopic (exact) mass is 530 g/mol. The number of nitrogens with zero attached hydrogens (tertiary/aromatic N) is 1. The van der Waals surface area contributed by atoms with Crippen molar-refractivity contribution in [1.82, 2.24) is 4.57 Å². The number of aromatic nitrogens is 1. The number of nitrogens with one attached hydrogen (secondary N) is 1. The molecule has 0 aliphatic rings. The third-order valence-electron chi connectivity index (χ3n) is 4.77. The lowest BCUT2D eigenvalue weighted by molar-refractivity contribution is -0.118. The van der Waals surface area contributed by atoms with E-state index < -0.39 is 17.6 Å². The molecule has 0 spiro atoms. The van der Waals surface area contributed by atoms with Crippen LogP contribution in [0.25, 0.3) is 11.1 Å². The predicted molar refractivity (Wildman–Crippen MR) is 134 cm³/mol. The second-order valence-corrected chi connectivity index (χ2v) is 9.82. The van der Waals surface area contributed by atoms with E-state index in [1.54, 1.807) is 76.4 Å². The van der Waals surface area contributed by atoms with Gasteiger partial charge in [0.1, 0.15) is 11.6 Å². The lowest BCUT2D eigenvalue weighted by atomic mass is 10.1. The average molecular weight is 532 g/mol. The molecule has 1 unspecified atom stereocenters. The van der Waals surface area contributed by atoms with Crippen LogP contribution in [0.5, 0.6) is 0 Å². The van der Waals surface area contributed by atoms with Crippen LogP contribution in [0.3, 0.4) is 0 Å². The topological polar surface area (TPSA) is 77.4 Å². The Hall–Kier alpha value is -2.90. The maximum atomic E-state index is 12.7. The van der Waals surface area contributed by atoms with Crippen molar-refractivity contribution in [2.24, 2.45) is 0 Å². The molecule has 0 aliphatic heterocycles. The van der Waals surface area contributed by atoms with Gasteiger partial charge in [0.15, 0.2) is 0 Å². The normalized spacial score (nSPS) is 12.2. The molecule has 1 amide bonds. The molecular formula is C25H24BrClN2O4. The number of ether oxygens (including phenoxy) is 1. The number of esters is 1. The van der Waals surface area contributed by atoms with Gasteiger partial charge in [0, 0.05) is 27.4 Å². The highest BCUT2D eigenvalue weighted by molar-refractivity contribution is 9.10. The fraction of sp³-hybridized carbons (Fsp3) is 0.240. The Bertz CT molecular complexity index is 1250. The van der Waals surface area contributed by atoms with Gasteiger partial charge in [0.2, 0.25) is 5.91 Å². The SMILES string of the molecule is CC(C(=O)Nc1ccc(C(=O)OC(C)(C)C)cc1)n1ccc(-c2cc(Cl)ccc2Br)cc1=O. The van der Waals surface area contributed by atoms with E-state index in [0.29, 0.717) is 21.8 Å². The number of anilines is 1. The number of carbonyl (C=O) groups is 2. The van der Waals surface area contributed by atoms with E-state index in [-0.39, 0.29) is 11.5 Å². The van der Waals surface area contributed by atoms with E-state index in [0.717, 1.165) is 10.0 Å². The van der Waals surface area contributed by atoms with E-state index in [1.165, 1.54) is 10.6 Å². The molecular weight excluding hydrogens is 508 g/mol. The molecule has 3 aromatic rings. The quantitative estimate of drug-likeness (QED) is 0.404. The molecule has 33 heavy (non-hydrogen) atoms. The lowest BCUT2D eigenvalue weighted by Crippen LogP contribution is -2.31. The number of carbonyl (C=O) groups excluding carboxylic acids is 2. The van der Waals surface area contributed by atoms with Crippen LogP contribution in [0, 0.1) is 0 Å². The standard InChI is InChI=1S/C25H24BrClN2O4/c1-15(23(31)28-19-8-5-16(6-9-19)24(32)33-25(2,3)4)29-12-11-17(13-22(29)30)20-14-18(27)7-10-21(20)26/h5-15H,1-4H3,(H,28,31). The molecule has 0 fully saturated rings. The number of rotatable bonds is 5. The molecule has 3 rings (SSSR count). The zero-order valence-corrected chi connectivity index (χ0v) is 21.0. The molecule has 1 heterocycles. The van der Waals surface area contributed by atoms with Crippen LogP contribution in [0.2, 0.25) is 5.02 Å². The first-order valence-corrected chi connectivity index (χ1v) is 11.4. The summed E-state index contributed by atoms with van der Waals surface area (Å²) in [6, 6.07) is 14.2. The van der Waals surface area contributed by atoms with Gasteiger partial charge in [0.25, 0.3) is 5.56 Å². The Balaban J connectivity index is 1.73. The van der Waals surface area contributed by atoms with Crippen molar-refractivity contribution in [3.05, 3.63) is 86.2 Å². The maximum Gasteiger partial charge on any atom is 0.338 e. The molecule has 0 saturated carbocycles. The summed E-state index contributed by atoms with van der Waals surface area (Å²) < 4.78 is 7.50. The number of halogens is 2. The van der Waals surface area contributed by atoms with Crippen molar-refractivity contribution in [2.45, 2.75) is 39.3 Å². The predicted octanol–water partition coefficient (Wildman–Crippen LogP) is 6.09. The van der Waals surface area contributed by atoms with Gasteiger partial charge in [-0.1, -0.05) is 27.5 Å². The minimum absolute atomic E-state index is 0.317. The van der Waals surface area contributed by atoms with Gasteiger partial charge in [-0.2, -0.15) is 0 Å². The minimum atomic E-state index is -0.750. The van der Waals surface area contributed by atoms with E-state index in [9.17, 15) is 14.4 Å². The Morgan fingerprint density at radius 2 is 1.73 bits per heavy atom. The molecule has 2 aromatic carbocycles. The molecule has 0 bridgehead atoms. The number of hydrogen-bond acceptors (Lipinski definition) is 4. The van der Waals surface area contributed by atoms with Crippen molar-refractivity contribution < 1.29 is 14.3 Å². The second-order valence-electron chi connectivity index (χ2n) is 8.53. The highest BCUT2D eigenvalue weighted by atomic mass is 79.9. The van der Waals surface area contributed by atoms with Crippen LogP contribution in [0.1, 0.15) is 44.1 Å². The summed E-state index contributed by atoms with van der Waals surface area (Å²) in [4.78, 5) is 37.6. The molecule has 0 saturated heterocycles. The number of pyridine rings is 1. The number of hydrogen-bond donors (Lipinski definition) is 1. The van der Waals surface area contributed by atoms with Crippen LogP contribution >= 0.6 is 27.5 Å². The molecule has 1 aromatic heterocycles. The highest BCUT2D eigenvalue weighted by Gasteiger charge is 2.19. The zero-order valence-electron chi connectivity index (χ0n) is 18.7. The first-order valence-electron chi connectivity index (χ1n) is 10.3. The van der Waals surface area contributed by atoms with Crippen LogP contribution in [-0.4, -0.2) is 22.0 Å². The van der Waals surface area contributed by atoms with Crippen molar-refractivity contribution in [1.29, 1.82) is 0 Å². The molecule has 1 N–H and O–H groups in total. The van der Waals surface area contributed by atoms with Gasteiger partial charge < -0.3 is 14.6 Å². The summed E-state index contributed by atoms with van der Waals surface area (Å²) in [7, 11) is 0. The minimum Gasteiger partial charge on any atom is -0.456 e. The van der Waals surface area contributed by atoms with Gasteiger partial charge in [-0.15, -0.1) is 0 Å². The number of amides is 1. The Morgan fingerprint density at radius 1 is 1.06 bits per heavy atom. The molecule has 6 nitrogen and oxygen atoms in total. The van der Waals surface area contributed by atoms with Gasteiger partial charge in [-0.25, -0.2) is 4.79 Å². The van der Waals surface area contributed by atoms with E-state index in [4.69, 9.17) is 16.3 Å². The van der Waals surface area contributed by atoms with Gasteiger partial charge in [0.05, 0.1) is 5.56 Å². The third-order valence-corrected chi connectivity index (χ3v) is 5.70. The lowest BCUT2D eigenvalue weighted by Gasteiger charge is -2.19. The van der Waals surface area contributed by atoms with Crippen molar-refractivity contribution in [3.8, 4) is 11.1 Å². The molecule has 172 valence electrons. The third kappa shape index (κ3) is 6.33. The molecule has 0 radical (unpaired) electrons. The summed E-state index contributed by atoms with van der Waals surface area (Å²) in [5.41, 5.74) is 1.46. The smallest absolute Gasteiger partial charge is 0.338 e. The summed E-state index contributed by atoms with van der Waals surface area (Å²) in [6.45, 7) is 7.02. The average Bonchev–Trinajstić information content (AvgIpc) is 2.74. The second kappa shape index (κ2) is 9.93. The van der Waals surface area contributed by atoms with Gasteiger partial charge in [-0.05, 0) is 87.4 Å². The summed E-state index contributed by atoms with van der Waals surface area (Å²) in [5, 5.41) is 3.33. The van der Waals surface area contributed by atoms with E-state index in [2.05, 4.69) is 21.2 Å². The number of benzene rings is 2. The maximum absolute atomic E-state index is 12.7. The van der Waals surface area contributed by atoms with Crippen LogP contribution < -0.4 is 10.9 Å². The van der Waals surface area contributed by atoms with Crippen LogP contribution in [0.4, 0.5) is 5.69 Å². The van der Waals surface area contributed by atoms with Crippen LogP contribution in [0.15, 0.2) is 70.1 Å². The fourth-order valence-electron chi connectivity index (χ4n) is 3.10. The van der Waals surface area contributed by atoms with E-state index >= 15 is 0 Å². The largest absolute Gasteiger partial charge is 0.456 e. The highest BCUT2D eigenvalue weighted by Crippen LogP contribution is 2.30. The summed E-state index contributed by atoms with van der Waals surface area (Å²) >= 11 is 9.55. The van der Waals surface area contributed by atoms with E-state index in [1.807, 2.05) is 6.07 Å².